The van der Waals surface area contributed by atoms with Gasteiger partial charge in [-0.2, -0.15) is 0 Å². The zero-order chi connectivity index (χ0) is 14.3. The number of methoxy groups -OCH3 is 1. The second kappa shape index (κ2) is 7.38. The first-order valence-electron chi connectivity index (χ1n) is 6.07. The predicted octanol–water partition coefficient (Wildman–Crippen LogP) is 3.25. The number of halogens is 1. The number of aryl methyl sites for hydroxylation is 1. The van der Waals surface area contributed by atoms with E-state index in [-0.39, 0.29) is 18.2 Å². The molecule has 0 saturated heterocycles. The minimum atomic E-state index is -0.341. The maximum Gasteiger partial charge on any atom is 0.305 e. The standard InChI is InChI=1S/C16H17FO2/c1-4-12(2)5-6-13-7-8-14(15(17)11-13)9-10-16(18)19-3/h4,7-8,11H,9-10H2,1-3H3/b12-4-. The fraction of sp³-hybridized carbons (Fsp3) is 0.312. The second-order valence-corrected chi connectivity index (χ2v) is 4.10. The SMILES string of the molecule is C/C=C(/C)C#Cc1ccc(CCC(=O)OC)c(F)c1. The summed E-state index contributed by atoms with van der Waals surface area (Å²) in [4.78, 5) is 11.0. The van der Waals surface area contributed by atoms with Crippen molar-refractivity contribution in [1.29, 1.82) is 0 Å². The number of carbonyl (C=O) groups excluding carboxylic acids is 1. The highest BCUT2D eigenvalue weighted by Gasteiger charge is 2.06. The molecule has 19 heavy (non-hydrogen) atoms. The molecule has 0 spiro atoms. The minimum absolute atomic E-state index is 0.177. The van der Waals surface area contributed by atoms with Crippen LogP contribution in [0, 0.1) is 17.7 Å². The van der Waals surface area contributed by atoms with Crippen molar-refractivity contribution in [3.8, 4) is 11.8 Å². The molecule has 0 saturated carbocycles. The normalized spacial score (nSPS) is 10.6. The van der Waals surface area contributed by atoms with E-state index in [1.807, 2.05) is 19.9 Å². The summed E-state index contributed by atoms with van der Waals surface area (Å²) < 4.78 is 18.3. The molecule has 100 valence electrons. The Morgan fingerprint density at radius 3 is 2.79 bits per heavy atom. The van der Waals surface area contributed by atoms with Crippen molar-refractivity contribution < 1.29 is 13.9 Å². The third kappa shape index (κ3) is 4.97. The first-order chi connectivity index (χ1) is 9.06. The summed E-state index contributed by atoms with van der Waals surface area (Å²) >= 11 is 0. The third-order valence-corrected chi connectivity index (χ3v) is 2.72. The highest BCUT2D eigenvalue weighted by atomic mass is 19.1. The molecule has 0 heterocycles. The van der Waals surface area contributed by atoms with Crippen molar-refractivity contribution in [3.63, 3.8) is 0 Å². The van der Waals surface area contributed by atoms with Crippen molar-refractivity contribution in [2.24, 2.45) is 0 Å². The fourth-order valence-corrected chi connectivity index (χ4v) is 1.41. The maximum absolute atomic E-state index is 13.8. The Hall–Kier alpha value is -2.08. The average Bonchev–Trinajstić information content (AvgIpc) is 2.43. The smallest absolute Gasteiger partial charge is 0.305 e. The number of hydrogen-bond donors (Lipinski definition) is 0. The quantitative estimate of drug-likeness (QED) is 0.616. The first kappa shape index (κ1) is 15.0. The summed E-state index contributed by atoms with van der Waals surface area (Å²) in [6.07, 6.45) is 2.41. The van der Waals surface area contributed by atoms with E-state index < -0.39 is 0 Å². The molecule has 0 N–H and O–H groups in total. The van der Waals surface area contributed by atoms with Gasteiger partial charge in [0.25, 0.3) is 0 Å². The number of carbonyl (C=O) groups is 1. The molecule has 0 aliphatic rings. The number of esters is 1. The largest absolute Gasteiger partial charge is 0.469 e. The molecular weight excluding hydrogens is 243 g/mol. The molecule has 1 aromatic rings. The van der Waals surface area contributed by atoms with E-state index in [9.17, 15) is 9.18 Å². The molecule has 3 heteroatoms. The second-order valence-electron chi connectivity index (χ2n) is 4.10. The minimum Gasteiger partial charge on any atom is -0.469 e. The summed E-state index contributed by atoms with van der Waals surface area (Å²) in [5, 5.41) is 0. The number of hydrogen-bond acceptors (Lipinski definition) is 2. The highest BCUT2D eigenvalue weighted by Crippen LogP contribution is 2.12. The van der Waals surface area contributed by atoms with E-state index in [4.69, 9.17) is 0 Å². The van der Waals surface area contributed by atoms with Gasteiger partial charge in [0.05, 0.1) is 7.11 Å². The summed E-state index contributed by atoms with van der Waals surface area (Å²) in [6.45, 7) is 3.80. The summed E-state index contributed by atoms with van der Waals surface area (Å²) in [5.74, 6) is 5.13. The van der Waals surface area contributed by atoms with E-state index in [0.29, 0.717) is 17.5 Å². The zero-order valence-electron chi connectivity index (χ0n) is 11.4. The van der Waals surface area contributed by atoms with Crippen LogP contribution >= 0.6 is 0 Å². The Balaban J connectivity index is 2.79. The van der Waals surface area contributed by atoms with Crippen LogP contribution in [0.1, 0.15) is 31.4 Å². The van der Waals surface area contributed by atoms with Gasteiger partial charge in [-0.05, 0) is 43.5 Å². The Labute approximate surface area is 113 Å². The van der Waals surface area contributed by atoms with Gasteiger partial charge in [0.15, 0.2) is 0 Å². The lowest BCUT2D eigenvalue weighted by molar-refractivity contribution is -0.140. The Bertz CT molecular complexity index is 548. The Kier molecular flexibility index (Phi) is 5.81. The van der Waals surface area contributed by atoms with E-state index >= 15 is 0 Å². The van der Waals surface area contributed by atoms with Crippen molar-refractivity contribution in [2.45, 2.75) is 26.7 Å². The number of ether oxygens (including phenoxy) is 1. The molecule has 2 nitrogen and oxygen atoms in total. The molecule has 0 radical (unpaired) electrons. The third-order valence-electron chi connectivity index (χ3n) is 2.72. The van der Waals surface area contributed by atoms with E-state index in [0.717, 1.165) is 5.57 Å². The molecule has 0 aliphatic carbocycles. The van der Waals surface area contributed by atoms with E-state index in [1.54, 1.807) is 12.1 Å². The van der Waals surface area contributed by atoms with Gasteiger partial charge < -0.3 is 4.74 Å². The van der Waals surface area contributed by atoms with E-state index in [1.165, 1.54) is 13.2 Å². The van der Waals surface area contributed by atoms with Gasteiger partial charge in [-0.3, -0.25) is 4.79 Å². The van der Waals surface area contributed by atoms with Crippen LogP contribution in [0.25, 0.3) is 0 Å². The molecule has 0 aromatic heterocycles. The van der Waals surface area contributed by atoms with Crippen LogP contribution in [-0.4, -0.2) is 13.1 Å². The summed E-state index contributed by atoms with van der Waals surface area (Å²) in [6, 6.07) is 4.81. The molecule has 0 atom stereocenters. The molecular formula is C16H17FO2. The van der Waals surface area contributed by atoms with Crippen molar-refractivity contribution in [3.05, 3.63) is 46.8 Å². The zero-order valence-corrected chi connectivity index (χ0v) is 11.4. The molecule has 0 amide bonds. The lowest BCUT2D eigenvalue weighted by Crippen LogP contribution is -2.03. The first-order valence-corrected chi connectivity index (χ1v) is 6.07. The van der Waals surface area contributed by atoms with Crippen LogP contribution in [0.15, 0.2) is 29.8 Å². The van der Waals surface area contributed by atoms with Gasteiger partial charge in [0.1, 0.15) is 5.82 Å². The predicted molar refractivity (Wildman–Crippen MR) is 73.0 cm³/mol. The van der Waals surface area contributed by atoms with Crippen LogP contribution < -0.4 is 0 Å². The van der Waals surface area contributed by atoms with Crippen LogP contribution in [-0.2, 0) is 16.0 Å². The van der Waals surface area contributed by atoms with E-state index in [2.05, 4.69) is 16.6 Å². The number of benzene rings is 1. The molecule has 0 aliphatic heterocycles. The maximum atomic E-state index is 13.8. The molecule has 0 unspecified atom stereocenters. The lowest BCUT2D eigenvalue weighted by atomic mass is 10.1. The molecule has 0 fully saturated rings. The summed E-state index contributed by atoms with van der Waals surface area (Å²) in [5.41, 5.74) is 2.06. The van der Waals surface area contributed by atoms with Gasteiger partial charge in [-0.1, -0.05) is 24.0 Å². The Morgan fingerprint density at radius 2 is 2.21 bits per heavy atom. The highest BCUT2D eigenvalue weighted by molar-refractivity contribution is 5.69. The van der Waals surface area contributed by atoms with Crippen molar-refractivity contribution in [1.82, 2.24) is 0 Å². The van der Waals surface area contributed by atoms with Gasteiger partial charge in [-0.25, -0.2) is 4.39 Å². The molecule has 1 rings (SSSR count). The van der Waals surface area contributed by atoms with Gasteiger partial charge in [-0.15, -0.1) is 0 Å². The van der Waals surface area contributed by atoms with Gasteiger partial charge in [0, 0.05) is 12.0 Å². The summed E-state index contributed by atoms with van der Waals surface area (Å²) in [7, 11) is 1.32. The lowest BCUT2D eigenvalue weighted by Gasteiger charge is -2.03. The fourth-order valence-electron chi connectivity index (χ4n) is 1.41. The monoisotopic (exact) mass is 260 g/mol. The molecule has 1 aromatic carbocycles. The van der Waals surface area contributed by atoms with Crippen LogP contribution in [0.5, 0.6) is 0 Å². The van der Waals surface area contributed by atoms with Crippen molar-refractivity contribution >= 4 is 5.97 Å². The van der Waals surface area contributed by atoms with Gasteiger partial charge >= 0.3 is 5.97 Å². The number of allylic oxidation sites excluding steroid dienone is 2. The van der Waals surface area contributed by atoms with Crippen molar-refractivity contribution in [2.75, 3.05) is 7.11 Å². The molecule has 0 bridgehead atoms. The van der Waals surface area contributed by atoms with Crippen LogP contribution in [0.3, 0.4) is 0 Å². The number of rotatable bonds is 3. The average molecular weight is 260 g/mol. The van der Waals surface area contributed by atoms with Crippen LogP contribution in [0.2, 0.25) is 0 Å². The van der Waals surface area contributed by atoms with Gasteiger partial charge in [0.2, 0.25) is 0 Å². The van der Waals surface area contributed by atoms with Crippen LogP contribution in [0.4, 0.5) is 4.39 Å². The Morgan fingerprint density at radius 1 is 1.47 bits per heavy atom. The topological polar surface area (TPSA) is 26.3 Å².